The normalized spacial score (nSPS) is 12.1. The largest absolute Gasteiger partial charge is 0.308 e. The highest BCUT2D eigenvalue weighted by atomic mass is 15.2. The standard InChI is InChI=1S/C42H22N6/c1-43-27-13-8-12-26(20-27)38-30-16-9-19-44-41(30)46-42(45-38)48-35-18-7-5-15-29(35)32-23-31-28-14-4-6-17-34(28)47-36-22-25-11-3-2-10-24(25)21-33(36)37(39(31)47)40(32)48/h2-23H. The summed E-state index contributed by atoms with van der Waals surface area (Å²) in [5.74, 6) is 0.545. The number of benzene rings is 6. The van der Waals surface area contributed by atoms with Crippen molar-refractivity contribution in [3.05, 3.63) is 145 Å². The Kier molecular flexibility index (Phi) is 4.82. The Labute approximate surface area is 272 Å². The third-order valence-electron chi connectivity index (χ3n) is 9.87. The number of aromatic nitrogens is 5. The molecule has 0 radical (unpaired) electrons. The van der Waals surface area contributed by atoms with Gasteiger partial charge in [0.05, 0.1) is 39.8 Å². The third kappa shape index (κ3) is 3.22. The molecule has 0 bridgehead atoms. The molecular formula is C42H22N6. The molecule has 11 rings (SSSR count). The van der Waals surface area contributed by atoms with Crippen molar-refractivity contribution in [3.8, 4) is 17.2 Å². The molecule has 6 heteroatoms. The van der Waals surface area contributed by atoms with Crippen molar-refractivity contribution < 1.29 is 0 Å². The van der Waals surface area contributed by atoms with Crippen LogP contribution in [0.5, 0.6) is 0 Å². The Morgan fingerprint density at radius 2 is 1.27 bits per heavy atom. The Bertz CT molecular complexity index is 3200. The van der Waals surface area contributed by atoms with Gasteiger partial charge in [0, 0.05) is 43.9 Å². The van der Waals surface area contributed by atoms with Gasteiger partial charge in [-0.3, -0.25) is 4.57 Å². The molecule has 6 nitrogen and oxygen atoms in total. The summed E-state index contributed by atoms with van der Waals surface area (Å²) >= 11 is 0. The zero-order valence-corrected chi connectivity index (χ0v) is 25.4. The van der Waals surface area contributed by atoms with Crippen molar-refractivity contribution in [1.82, 2.24) is 23.9 Å². The van der Waals surface area contributed by atoms with Crippen molar-refractivity contribution in [1.29, 1.82) is 0 Å². The van der Waals surface area contributed by atoms with Crippen LogP contribution in [0.1, 0.15) is 0 Å². The van der Waals surface area contributed by atoms with Crippen LogP contribution in [0, 0.1) is 6.57 Å². The molecule has 0 spiro atoms. The van der Waals surface area contributed by atoms with Crippen molar-refractivity contribution in [3.63, 3.8) is 0 Å². The molecule has 0 atom stereocenters. The van der Waals surface area contributed by atoms with E-state index >= 15 is 0 Å². The summed E-state index contributed by atoms with van der Waals surface area (Å²) in [4.78, 5) is 18.9. The fourth-order valence-corrected chi connectivity index (χ4v) is 7.89. The Hall–Kier alpha value is -6.84. The summed E-state index contributed by atoms with van der Waals surface area (Å²) in [5, 5.41) is 10.4. The van der Waals surface area contributed by atoms with Crippen LogP contribution in [0.25, 0.3) is 104 Å². The van der Waals surface area contributed by atoms with Gasteiger partial charge < -0.3 is 4.40 Å². The number of rotatable bonds is 2. The summed E-state index contributed by atoms with van der Waals surface area (Å²) in [6, 6.07) is 44.4. The van der Waals surface area contributed by atoms with E-state index in [1.165, 1.54) is 48.9 Å². The van der Waals surface area contributed by atoms with Gasteiger partial charge in [0.1, 0.15) is 0 Å². The lowest BCUT2D eigenvalue weighted by atomic mass is 10.0. The number of hydrogen-bond donors (Lipinski definition) is 0. The summed E-state index contributed by atoms with van der Waals surface area (Å²) in [6.45, 7) is 7.64. The van der Waals surface area contributed by atoms with E-state index in [0.717, 1.165) is 38.4 Å². The first kappa shape index (κ1) is 25.4. The molecule has 11 aromatic rings. The van der Waals surface area contributed by atoms with Gasteiger partial charge in [0.15, 0.2) is 11.3 Å². The third-order valence-corrected chi connectivity index (χ3v) is 9.87. The van der Waals surface area contributed by atoms with Gasteiger partial charge in [-0.15, -0.1) is 0 Å². The highest BCUT2D eigenvalue weighted by Gasteiger charge is 2.26. The predicted octanol–water partition coefficient (Wildman–Crippen LogP) is 10.6. The first-order chi connectivity index (χ1) is 23.8. The molecule has 0 aliphatic carbocycles. The lowest BCUT2D eigenvalue weighted by Gasteiger charge is -2.12. The highest BCUT2D eigenvalue weighted by Crippen LogP contribution is 2.47. The molecule has 0 unspecified atom stereocenters. The monoisotopic (exact) mass is 610 g/mol. The van der Waals surface area contributed by atoms with Crippen LogP contribution >= 0.6 is 0 Å². The molecule has 0 saturated carbocycles. The van der Waals surface area contributed by atoms with Crippen LogP contribution in [0.2, 0.25) is 0 Å². The van der Waals surface area contributed by atoms with E-state index < -0.39 is 0 Å². The number of para-hydroxylation sites is 2. The smallest absolute Gasteiger partial charge is 0.237 e. The minimum atomic E-state index is 0.545. The maximum atomic E-state index is 7.64. The number of pyridine rings is 1. The fraction of sp³-hybridized carbons (Fsp3) is 0. The average Bonchev–Trinajstić information content (AvgIpc) is 3.77. The molecule has 6 aromatic carbocycles. The molecule has 220 valence electrons. The van der Waals surface area contributed by atoms with Crippen molar-refractivity contribution >= 4 is 87.4 Å². The first-order valence-electron chi connectivity index (χ1n) is 15.9. The maximum Gasteiger partial charge on any atom is 0.237 e. The van der Waals surface area contributed by atoms with Gasteiger partial charge in [-0.25, -0.2) is 14.8 Å². The Morgan fingerprint density at radius 1 is 0.542 bits per heavy atom. The van der Waals surface area contributed by atoms with E-state index in [1.54, 1.807) is 6.20 Å². The Balaban J connectivity index is 1.38. The van der Waals surface area contributed by atoms with Crippen molar-refractivity contribution in [2.45, 2.75) is 0 Å². The maximum absolute atomic E-state index is 7.64. The van der Waals surface area contributed by atoms with Crippen LogP contribution in [0.3, 0.4) is 0 Å². The molecule has 0 fully saturated rings. The summed E-state index contributed by atoms with van der Waals surface area (Å²) in [7, 11) is 0. The van der Waals surface area contributed by atoms with Crippen LogP contribution in [-0.4, -0.2) is 23.9 Å². The van der Waals surface area contributed by atoms with Crippen LogP contribution in [0.4, 0.5) is 5.69 Å². The van der Waals surface area contributed by atoms with Crippen molar-refractivity contribution in [2.75, 3.05) is 0 Å². The van der Waals surface area contributed by atoms with E-state index in [9.17, 15) is 0 Å². The molecule has 48 heavy (non-hydrogen) atoms. The fourth-order valence-electron chi connectivity index (χ4n) is 7.89. The quantitative estimate of drug-likeness (QED) is 0.183. The second-order valence-electron chi connectivity index (χ2n) is 12.4. The topological polar surface area (TPSA) is 52.4 Å². The molecule has 0 aliphatic rings. The van der Waals surface area contributed by atoms with Gasteiger partial charge in [0.2, 0.25) is 5.95 Å². The van der Waals surface area contributed by atoms with Crippen LogP contribution in [0.15, 0.2) is 134 Å². The molecular weight excluding hydrogens is 589 g/mol. The number of nitrogens with zero attached hydrogens (tertiary/aromatic N) is 6. The summed E-state index contributed by atoms with van der Waals surface area (Å²) in [5.41, 5.74) is 8.43. The molecule has 0 N–H and O–H groups in total. The Morgan fingerprint density at radius 3 is 2.12 bits per heavy atom. The van der Waals surface area contributed by atoms with E-state index in [2.05, 4.69) is 105 Å². The molecule has 0 aliphatic heterocycles. The average molecular weight is 611 g/mol. The minimum absolute atomic E-state index is 0.545. The lowest BCUT2D eigenvalue weighted by molar-refractivity contribution is 1.01. The summed E-state index contributed by atoms with van der Waals surface area (Å²) in [6.07, 6.45) is 1.77. The lowest BCUT2D eigenvalue weighted by Crippen LogP contribution is -2.04. The summed E-state index contributed by atoms with van der Waals surface area (Å²) < 4.78 is 4.66. The predicted molar refractivity (Wildman–Crippen MR) is 196 cm³/mol. The van der Waals surface area contributed by atoms with Gasteiger partial charge in [-0.2, -0.15) is 4.98 Å². The molecule has 5 aromatic heterocycles. The van der Waals surface area contributed by atoms with E-state index in [1.807, 2.05) is 36.4 Å². The van der Waals surface area contributed by atoms with E-state index in [-0.39, 0.29) is 0 Å². The first-order valence-corrected chi connectivity index (χ1v) is 15.9. The second kappa shape index (κ2) is 9.12. The van der Waals surface area contributed by atoms with Gasteiger partial charge in [-0.1, -0.05) is 78.9 Å². The number of fused-ring (bicyclic) bond motifs is 12. The zero-order valence-electron chi connectivity index (χ0n) is 25.4. The minimum Gasteiger partial charge on any atom is -0.308 e. The van der Waals surface area contributed by atoms with Crippen LogP contribution < -0.4 is 0 Å². The molecule has 0 saturated heterocycles. The zero-order chi connectivity index (χ0) is 31.5. The van der Waals surface area contributed by atoms with Crippen LogP contribution in [-0.2, 0) is 0 Å². The SMILES string of the molecule is [C-]#[N+]c1cccc(-c2nc(-n3c4ccccc4c4cc5c6ccccc6n6c7cc8ccccc8cc7c(c43)c56)nc3ncccc23)c1. The van der Waals surface area contributed by atoms with E-state index in [0.29, 0.717) is 17.3 Å². The number of hydrogen-bond acceptors (Lipinski definition) is 3. The van der Waals surface area contributed by atoms with Gasteiger partial charge >= 0.3 is 0 Å². The van der Waals surface area contributed by atoms with Crippen molar-refractivity contribution in [2.24, 2.45) is 0 Å². The highest BCUT2D eigenvalue weighted by molar-refractivity contribution is 6.34. The van der Waals surface area contributed by atoms with Gasteiger partial charge in [0.25, 0.3) is 0 Å². The second-order valence-corrected chi connectivity index (χ2v) is 12.4. The molecule has 5 heterocycles. The van der Waals surface area contributed by atoms with Gasteiger partial charge in [-0.05, 0) is 64.9 Å². The van der Waals surface area contributed by atoms with E-state index in [4.69, 9.17) is 21.5 Å². The molecule has 0 amide bonds.